The molecular formula is C48H84N12O20S12. The molecule has 0 unspecified atom stereocenters. The quantitative estimate of drug-likeness (QED) is 0.0356. The molecule has 4 aliphatic rings. The lowest BCUT2D eigenvalue weighted by Crippen LogP contribution is -2.43. The van der Waals surface area contributed by atoms with Gasteiger partial charge in [0, 0.05) is 154 Å². The second-order valence-corrected chi connectivity index (χ2v) is 40.6. The van der Waals surface area contributed by atoms with Crippen molar-refractivity contribution in [3.8, 4) is 0 Å². The van der Waals surface area contributed by atoms with Gasteiger partial charge in [0.15, 0.2) is 0 Å². The van der Waals surface area contributed by atoms with Gasteiger partial charge in [-0.3, -0.25) is 0 Å². The fourth-order valence-corrected chi connectivity index (χ4v) is 27.2. The number of nitrogens with zero attached hydrogens (tertiary/aromatic N) is 4. The van der Waals surface area contributed by atoms with Crippen LogP contribution < -0.4 is 41.8 Å². The minimum atomic E-state index is -3.94. The van der Waals surface area contributed by atoms with E-state index in [1.165, 1.54) is 41.5 Å². The number of methoxy groups -OCH3 is 4. The fourth-order valence-electron chi connectivity index (χ4n) is 9.94. The van der Waals surface area contributed by atoms with E-state index in [2.05, 4.69) is 21.3 Å². The zero-order valence-corrected chi connectivity index (χ0v) is 61.7. The zero-order valence-electron chi connectivity index (χ0n) is 51.9. The van der Waals surface area contributed by atoms with E-state index in [-0.39, 0.29) is 84.0 Å². The van der Waals surface area contributed by atoms with Gasteiger partial charge in [0.1, 0.15) is 33.7 Å². The molecule has 0 saturated heterocycles. The summed E-state index contributed by atoms with van der Waals surface area (Å²) in [6.45, 7) is 14.3. The molecule has 0 spiro atoms. The Bertz CT molecular complexity index is 3550. The van der Waals surface area contributed by atoms with Gasteiger partial charge in [0.25, 0.3) is 40.1 Å². The van der Waals surface area contributed by atoms with Gasteiger partial charge in [0.05, 0.1) is 0 Å². The van der Waals surface area contributed by atoms with Crippen molar-refractivity contribution in [1.29, 1.82) is 0 Å². The van der Waals surface area contributed by atoms with Crippen LogP contribution in [0.2, 0.25) is 0 Å². The highest BCUT2D eigenvalue weighted by Gasteiger charge is 2.44. The zero-order chi connectivity index (χ0) is 69.0. The number of hydrogen-bond acceptors (Lipinski definition) is 28. The lowest BCUT2D eigenvalue weighted by molar-refractivity contribution is 0.185. The highest BCUT2D eigenvalue weighted by molar-refractivity contribution is 7.95. The largest absolute Gasteiger partial charge is 0.385 e. The van der Waals surface area contributed by atoms with Crippen molar-refractivity contribution in [3.05, 3.63) is 46.5 Å². The SMILES string of the molecule is CCN[C@H]1CN(CCCOC)S(=O)(=O)c2sc(S(N)(=O)=O)cc21.CCN[C@H]1CN(CCCOC)S(=O)(=O)c2sc(S(N)(=O)=O)cc21.CCN[C@H]1CN(CCCOC)S(=O)(=O)c2sc(S(N)(=O)=O)cc21.CCN[C@H]1CN(CCCOC)S(=O)(=O)c2sc(S(N)(=O)=O)cc21. The van der Waals surface area contributed by atoms with Gasteiger partial charge in [-0.25, -0.2) is 87.9 Å². The molecule has 4 aliphatic heterocycles. The van der Waals surface area contributed by atoms with Gasteiger partial charge in [0.2, 0.25) is 40.1 Å². The van der Waals surface area contributed by atoms with Gasteiger partial charge in [-0.2, -0.15) is 17.2 Å². The topological polar surface area (TPSA) is 475 Å². The summed E-state index contributed by atoms with van der Waals surface area (Å²) in [4.78, 5) is 0. The molecule has 0 bridgehead atoms. The molecule has 12 N–H and O–H groups in total. The first kappa shape index (κ1) is 80.4. The summed E-state index contributed by atoms with van der Waals surface area (Å²) in [6.07, 6.45) is 2.27. The third-order valence-corrected chi connectivity index (χ3v) is 34.0. The first-order valence-corrected chi connectivity index (χ1v) is 43.6. The van der Waals surface area contributed by atoms with Gasteiger partial charge < -0.3 is 40.2 Å². The van der Waals surface area contributed by atoms with E-state index in [0.717, 1.165) is 0 Å². The van der Waals surface area contributed by atoms with E-state index < -0.39 is 80.2 Å². The summed E-state index contributed by atoms with van der Waals surface area (Å²) in [6, 6.07) is 4.44. The highest BCUT2D eigenvalue weighted by atomic mass is 32.3. The summed E-state index contributed by atoms with van der Waals surface area (Å²) in [7, 11) is -24.4. The Kier molecular flexibility index (Phi) is 29.7. The summed E-state index contributed by atoms with van der Waals surface area (Å²) in [5.74, 6) is 0. The normalized spacial score (nSPS) is 21.3. The van der Waals surface area contributed by atoms with Crippen molar-refractivity contribution >= 4 is 126 Å². The number of primary sulfonamides is 4. The van der Waals surface area contributed by atoms with Crippen molar-refractivity contribution in [2.75, 3.05) is 133 Å². The van der Waals surface area contributed by atoms with E-state index in [0.29, 0.717) is 172 Å². The molecule has 0 amide bonds. The standard InChI is InChI=1S/4C12H21N3O5S3/c4*1-3-14-10-8-15(5-4-6-20-2)23(18,19)12-9(10)7-11(21-12)22(13,16)17/h4*7,10,14H,3-6,8H2,1-2H3,(H2,13,16,17)/t4*10-/m0000/s1. The van der Waals surface area contributed by atoms with Gasteiger partial charge in [-0.1, -0.05) is 27.7 Å². The number of hydrogen-bond donors (Lipinski definition) is 8. The molecule has 0 aromatic carbocycles. The Hall–Kier alpha value is -2.24. The van der Waals surface area contributed by atoms with Gasteiger partial charge in [-0.15, -0.1) is 45.3 Å². The lowest BCUT2D eigenvalue weighted by atomic mass is 10.1. The first-order chi connectivity index (χ1) is 42.9. The molecule has 0 fully saturated rings. The summed E-state index contributed by atoms with van der Waals surface area (Å²) >= 11 is 2.83. The number of rotatable bonds is 28. The third-order valence-electron chi connectivity index (χ3n) is 14.1. The molecule has 8 rings (SSSR count). The second kappa shape index (κ2) is 34.0. The minimum Gasteiger partial charge on any atom is -0.385 e. The molecule has 0 aliphatic carbocycles. The van der Waals surface area contributed by atoms with Crippen LogP contribution in [0.1, 0.15) is 99.8 Å². The molecule has 4 aromatic heterocycles. The van der Waals surface area contributed by atoms with Crippen LogP contribution in [0.4, 0.5) is 0 Å². The fraction of sp³-hybridized carbons (Fsp3) is 0.667. The number of thiophene rings is 4. The van der Waals surface area contributed by atoms with E-state index in [1.54, 1.807) is 28.4 Å². The molecule has 0 saturated carbocycles. The van der Waals surface area contributed by atoms with Gasteiger partial charge >= 0.3 is 0 Å². The van der Waals surface area contributed by atoms with Crippen LogP contribution in [0.25, 0.3) is 0 Å². The van der Waals surface area contributed by atoms with Crippen LogP contribution in [0.3, 0.4) is 0 Å². The Morgan fingerprint density at radius 3 is 0.696 bits per heavy atom. The molecule has 0 radical (unpaired) electrons. The Morgan fingerprint density at radius 2 is 0.554 bits per heavy atom. The lowest BCUT2D eigenvalue weighted by Gasteiger charge is -2.32. The van der Waals surface area contributed by atoms with Crippen molar-refractivity contribution in [2.45, 2.75) is 111 Å². The molecule has 4 atom stereocenters. The molecule has 528 valence electrons. The Labute approximate surface area is 557 Å². The number of likely N-dealkylation sites (N-methyl/N-ethyl adjacent to an activating group) is 4. The van der Waals surface area contributed by atoms with Crippen LogP contribution in [0.15, 0.2) is 57.9 Å². The van der Waals surface area contributed by atoms with Crippen LogP contribution >= 0.6 is 45.3 Å². The van der Waals surface area contributed by atoms with Crippen molar-refractivity contribution in [3.63, 3.8) is 0 Å². The minimum absolute atomic E-state index is 0.0520. The number of nitrogens with one attached hydrogen (secondary N) is 4. The maximum atomic E-state index is 12.7. The van der Waals surface area contributed by atoms with E-state index >= 15 is 0 Å². The van der Waals surface area contributed by atoms with Crippen LogP contribution in [-0.2, 0) is 99.1 Å². The monoisotopic (exact) mass is 1530 g/mol. The van der Waals surface area contributed by atoms with Crippen molar-refractivity contribution in [1.82, 2.24) is 38.5 Å². The summed E-state index contributed by atoms with van der Waals surface area (Å²) in [5.41, 5.74) is 1.90. The summed E-state index contributed by atoms with van der Waals surface area (Å²) < 4.78 is 219. The average molecular weight is 1530 g/mol. The molecule has 4 aromatic rings. The van der Waals surface area contributed by atoms with E-state index in [4.69, 9.17) is 39.5 Å². The third kappa shape index (κ3) is 20.0. The molecule has 8 heterocycles. The van der Waals surface area contributed by atoms with Crippen LogP contribution in [0, 0.1) is 0 Å². The maximum absolute atomic E-state index is 12.7. The molecular weight excluding hydrogens is 1450 g/mol. The van der Waals surface area contributed by atoms with Crippen LogP contribution in [-0.4, -0.2) is 218 Å². The number of ether oxygens (including phenoxy) is 4. The maximum Gasteiger partial charge on any atom is 0.252 e. The Morgan fingerprint density at radius 1 is 0.380 bits per heavy atom. The van der Waals surface area contributed by atoms with Crippen molar-refractivity contribution < 1.29 is 86.3 Å². The number of fused-ring (bicyclic) bond motifs is 4. The predicted molar refractivity (Wildman–Crippen MR) is 349 cm³/mol. The summed E-state index contributed by atoms with van der Waals surface area (Å²) in [5, 5.41) is 33.4. The number of nitrogens with two attached hydrogens (primary N) is 4. The smallest absolute Gasteiger partial charge is 0.252 e. The molecule has 92 heavy (non-hydrogen) atoms. The Balaban J connectivity index is 0.000000223. The van der Waals surface area contributed by atoms with Crippen molar-refractivity contribution in [2.24, 2.45) is 20.6 Å². The average Bonchev–Trinajstić information content (AvgIpc) is 1.58. The predicted octanol–water partition coefficient (Wildman–Crippen LogP) is 0.348. The van der Waals surface area contributed by atoms with E-state index in [1.807, 2.05) is 27.7 Å². The van der Waals surface area contributed by atoms with E-state index in [9.17, 15) is 67.3 Å². The molecule has 32 nitrogen and oxygen atoms in total. The van der Waals surface area contributed by atoms with Crippen LogP contribution in [0.5, 0.6) is 0 Å². The number of sulfonamides is 8. The first-order valence-electron chi connectivity index (χ1n) is 28.4. The highest BCUT2D eigenvalue weighted by Crippen LogP contribution is 2.44. The van der Waals surface area contributed by atoms with Gasteiger partial charge in [-0.05, 0) is 76.1 Å². The second-order valence-electron chi connectivity index (χ2n) is 20.7. The molecule has 44 heteroatoms.